The molecular formula is C15H13BrN4O2. The lowest BCUT2D eigenvalue weighted by molar-refractivity contribution is 0.100. The van der Waals surface area contributed by atoms with E-state index >= 15 is 0 Å². The molecule has 0 fully saturated rings. The van der Waals surface area contributed by atoms with Crippen molar-refractivity contribution in [2.75, 3.05) is 11.9 Å². The van der Waals surface area contributed by atoms with Crippen LogP contribution in [0.1, 0.15) is 17.3 Å². The van der Waals surface area contributed by atoms with Crippen molar-refractivity contribution >= 4 is 49.3 Å². The maximum Gasteiger partial charge on any atom is 0.258 e. The Morgan fingerprint density at radius 2 is 2.18 bits per heavy atom. The first-order chi connectivity index (χ1) is 10.5. The Morgan fingerprint density at radius 1 is 1.41 bits per heavy atom. The highest BCUT2D eigenvalue weighted by Crippen LogP contribution is 2.30. The molecule has 0 saturated carbocycles. The number of pyridine rings is 2. The molecule has 0 radical (unpaired) electrons. The number of H-pyrrole nitrogens is 1. The SMILES string of the molecule is CCNc1nc2c(C(N)=O)c[nH]c(=O)c2c2cc(Br)ccc12. The number of amides is 1. The van der Waals surface area contributed by atoms with Crippen molar-refractivity contribution in [1.29, 1.82) is 0 Å². The van der Waals surface area contributed by atoms with Crippen molar-refractivity contribution in [2.45, 2.75) is 6.92 Å². The Kier molecular flexibility index (Phi) is 3.58. The highest BCUT2D eigenvalue weighted by Gasteiger charge is 2.16. The summed E-state index contributed by atoms with van der Waals surface area (Å²) in [6, 6.07) is 5.59. The molecule has 2 aromatic heterocycles. The van der Waals surface area contributed by atoms with Crippen molar-refractivity contribution in [3.8, 4) is 0 Å². The van der Waals surface area contributed by atoms with Crippen LogP contribution >= 0.6 is 15.9 Å². The van der Waals surface area contributed by atoms with E-state index in [4.69, 9.17) is 5.73 Å². The Morgan fingerprint density at radius 3 is 2.86 bits per heavy atom. The number of aromatic nitrogens is 2. The zero-order chi connectivity index (χ0) is 15.9. The summed E-state index contributed by atoms with van der Waals surface area (Å²) in [5.41, 5.74) is 5.58. The smallest absolute Gasteiger partial charge is 0.258 e. The summed E-state index contributed by atoms with van der Waals surface area (Å²) in [4.78, 5) is 30.9. The average molecular weight is 361 g/mol. The van der Waals surface area contributed by atoms with Gasteiger partial charge in [-0.2, -0.15) is 0 Å². The van der Waals surface area contributed by atoms with E-state index < -0.39 is 5.91 Å². The summed E-state index contributed by atoms with van der Waals surface area (Å²) in [5, 5.41) is 5.03. The summed E-state index contributed by atoms with van der Waals surface area (Å²) >= 11 is 3.41. The second-order valence-electron chi connectivity index (χ2n) is 4.80. The number of nitrogens with zero attached hydrogens (tertiary/aromatic N) is 1. The number of aromatic amines is 1. The number of carbonyl (C=O) groups is 1. The van der Waals surface area contributed by atoms with Crippen LogP contribution in [0.2, 0.25) is 0 Å². The summed E-state index contributed by atoms with van der Waals surface area (Å²) in [6.45, 7) is 2.61. The molecule has 2 heterocycles. The molecule has 3 rings (SSSR count). The standard InChI is InChI=1S/C15H13BrN4O2/c1-2-18-14-8-4-3-7(16)5-9(8)11-12(20-14)10(13(17)21)6-19-15(11)22/h3-6H,2H2,1H3,(H2,17,21)(H,18,20)(H,19,22). The largest absolute Gasteiger partial charge is 0.370 e. The number of primary amides is 1. The molecule has 6 nitrogen and oxygen atoms in total. The molecule has 0 spiro atoms. The molecule has 1 amide bonds. The zero-order valence-corrected chi connectivity index (χ0v) is 13.3. The third kappa shape index (κ3) is 2.23. The van der Waals surface area contributed by atoms with Gasteiger partial charge in [0.25, 0.3) is 11.5 Å². The minimum absolute atomic E-state index is 0.190. The van der Waals surface area contributed by atoms with Crippen molar-refractivity contribution in [1.82, 2.24) is 9.97 Å². The third-order valence-corrected chi connectivity index (χ3v) is 3.90. The topological polar surface area (TPSA) is 101 Å². The van der Waals surface area contributed by atoms with Crippen LogP contribution in [-0.2, 0) is 0 Å². The van der Waals surface area contributed by atoms with Crippen LogP contribution in [0.25, 0.3) is 21.7 Å². The zero-order valence-electron chi connectivity index (χ0n) is 11.7. The second kappa shape index (κ2) is 5.42. The molecule has 22 heavy (non-hydrogen) atoms. The maximum atomic E-state index is 12.3. The van der Waals surface area contributed by atoms with Gasteiger partial charge in [0.05, 0.1) is 16.5 Å². The molecule has 0 aliphatic heterocycles. The van der Waals surface area contributed by atoms with Gasteiger partial charge in [0, 0.05) is 28.0 Å². The molecule has 0 atom stereocenters. The molecule has 4 N–H and O–H groups in total. The number of carbonyl (C=O) groups excluding carboxylic acids is 1. The van der Waals surface area contributed by atoms with Gasteiger partial charge < -0.3 is 16.0 Å². The van der Waals surface area contributed by atoms with E-state index in [1.807, 2.05) is 25.1 Å². The van der Waals surface area contributed by atoms with E-state index in [1.54, 1.807) is 0 Å². The minimum atomic E-state index is -0.634. The number of nitrogens with two attached hydrogens (primary N) is 1. The van der Waals surface area contributed by atoms with Gasteiger partial charge >= 0.3 is 0 Å². The van der Waals surface area contributed by atoms with Gasteiger partial charge in [-0.05, 0) is 25.1 Å². The van der Waals surface area contributed by atoms with Gasteiger partial charge in [0.15, 0.2) is 0 Å². The van der Waals surface area contributed by atoms with Crippen LogP contribution in [0.15, 0.2) is 33.7 Å². The van der Waals surface area contributed by atoms with Gasteiger partial charge in [0.1, 0.15) is 5.82 Å². The molecule has 0 bridgehead atoms. The van der Waals surface area contributed by atoms with E-state index in [0.717, 1.165) is 9.86 Å². The lowest BCUT2D eigenvalue weighted by Crippen LogP contribution is -2.17. The molecule has 0 unspecified atom stereocenters. The van der Waals surface area contributed by atoms with Gasteiger partial charge in [0.2, 0.25) is 0 Å². The Balaban J connectivity index is 2.59. The van der Waals surface area contributed by atoms with Crippen molar-refractivity contribution in [3.05, 3.63) is 44.8 Å². The predicted molar refractivity (Wildman–Crippen MR) is 90.3 cm³/mol. The second-order valence-corrected chi connectivity index (χ2v) is 5.72. The molecule has 1 aromatic carbocycles. The first-order valence-corrected chi connectivity index (χ1v) is 7.50. The minimum Gasteiger partial charge on any atom is -0.370 e. The van der Waals surface area contributed by atoms with Gasteiger partial charge in [-0.15, -0.1) is 0 Å². The molecular weight excluding hydrogens is 348 g/mol. The molecule has 3 aromatic rings. The average Bonchev–Trinajstić information content (AvgIpc) is 2.47. The number of halogens is 1. The van der Waals surface area contributed by atoms with Crippen LogP contribution in [0.3, 0.4) is 0 Å². The van der Waals surface area contributed by atoms with E-state index in [-0.39, 0.29) is 11.1 Å². The summed E-state index contributed by atoms with van der Waals surface area (Å²) < 4.78 is 0.832. The lowest BCUT2D eigenvalue weighted by atomic mass is 10.0. The Labute approximate surface area is 133 Å². The van der Waals surface area contributed by atoms with E-state index in [0.29, 0.717) is 28.7 Å². The molecule has 0 saturated heterocycles. The van der Waals surface area contributed by atoms with Gasteiger partial charge in [-0.3, -0.25) is 9.59 Å². The molecule has 0 aliphatic carbocycles. The lowest BCUT2D eigenvalue weighted by Gasteiger charge is -2.11. The normalized spacial score (nSPS) is 11.0. The van der Waals surface area contributed by atoms with Crippen molar-refractivity contribution in [2.24, 2.45) is 5.73 Å². The first-order valence-electron chi connectivity index (χ1n) is 6.71. The van der Waals surface area contributed by atoms with E-state index in [9.17, 15) is 9.59 Å². The summed E-state index contributed by atoms with van der Waals surface area (Å²) in [5.74, 6) is -0.0175. The van der Waals surface area contributed by atoms with Crippen LogP contribution in [0, 0.1) is 0 Å². The number of anilines is 1. The van der Waals surface area contributed by atoms with Crippen LogP contribution in [0.4, 0.5) is 5.82 Å². The fraction of sp³-hybridized carbons (Fsp3) is 0.133. The summed E-state index contributed by atoms with van der Waals surface area (Å²) in [6.07, 6.45) is 1.31. The summed E-state index contributed by atoms with van der Waals surface area (Å²) in [7, 11) is 0. The van der Waals surface area contributed by atoms with Crippen LogP contribution < -0.4 is 16.6 Å². The maximum absolute atomic E-state index is 12.3. The number of rotatable bonds is 3. The highest BCUT2D eigenvalue weighted by molar-refractivity contribution is 9.10. The van der Waals surface area contributed by atoms with Crippen LogP contribution in [-0.4, -0.2) is 22.4 Å². The Bertz CT molecular complexity index is 965. The monoisotopic (exact) mass is 360 g/mol. The number of benzene rings is 1. The number of hydrogen-bond acceptors (Lipinski definition) is 4. The molecule has 112 valence electrons. The van der Waals surface area contributed by atoms with Gasteiger partial charge in [-0.25, -0.2) is 4.98 Å². The third-order valence-electron chi connectivity index (χ3n) is 3.41. The highest BCUT2D eigenvalue weighted by atomic mass is 79.9. The van der Waals surface area contributed by atoms with E-state index in [1.165, 1.54) is 6.20 Å². The fourth-order valence-electron chi connectivity index (χ4n) is 2.48. The van der Waals surface area contributed by atoms with Crippen LogP contribution in [0.5, 0.6) is 0 Å². The van der Waals surface area contributed by atoms with E-state index in [2.05, 4.69) is 31.2 Å². The quantitative estimate of drug-likeness (QED) is 0.624. The first kappa shape index (κ1) is 14.5. The fourth-order valence-corrected chi connectivity index (χ4v) is 2.84. The van der Waals surface area contributed by atoms with Crippen molar-refractivity contribution in [3.63, 3.8) is 0 Å². The van der Waals surface area contributed by atoms with Gasteiger partial charge in [-0.1, -0.05) is 15.9 Å². The number of fused-ring (bicyclic) bond motifs is 3. The number of nitrogens with one attached hydrogen (secondary N) is 2. The number of hydrogen-bond donors (Lipinski definition) is 3. The van der Waals surface area contributed by atoms with Crippen molar-refractivity contribution < 1.29 is 4.79 Å². The molecule has 7 heteroatoms. The Hall–Kier alpha value is -2.41. The molecule has 0 aliphatic rings. The predicted octanol–water partition coefficient (Wildman–Crippen LogP) is 2.37.